The molecule has 4 rings (SSSR count). The summed E-state index contributed by atoms with van der Waals surface area (Å²) in [5.41, 5.74) is 5.30. The maximum Gasteiger partial charge on any atom is 0.399 e. The molecule has 9 nitrogen and oxygen atoms in total. The minimum absolute atomic E-state index is 0.102. The van der Waals surface area contributed by atoms with E-state index in [1.54, 1.807) is 24.3 Å². The van der Waals surface area contributed by atoms with Crippen molar-refractivity contribution in [1.29, 1.82) is 0 Å². The molecule has 1 amide bonds. The Balaban J connectivity index is 1.53. The predicted molar refractivity (Wildman–Crippen MR) is 123 cm³/mol. The number of carbonyl (C=O) groups is 1. The number of alkyl halides is 3. The summed E-state index contributed by atoms with van der Waals surface area (Å²) in [7, 11) is 0. The van der Waals surface area contributed by atoms with Crippen LogP contribution in [0.25, 0.3) is 22.3 Å². The van der Waals surface area contributed by atoms with E-state index in [-0.39, 0.29) is 29.5 Å². The fourth-order valence-electron chi connectivity index (χ4n) is 3.39. The molecule has 1 unspecified atom stereocenters. The molecule has 12 heteroatoms. The maximum absolute atomic E-state index is 13.2. The van der Waals surface area contributed by atoms with E-state index in [9.17, 15) is 18.0 Å². The van der Waals surface area contributed by atoms with Crippen LogP contribution in [0.5, 0.6) is 0 Å². The van der Waals surface area contributed by atoms with E-state index in [1.807, 2.05) is 0 Å². The Morgan fingerprint density at radius 2 is 1.97 bits per heavy atom. The van der Waals surface area contributed by atoms with E-state index in [0.717, 1.165) is 19.9 Å². The Morgan fingerprint density at radius 3 is 2.63 bits per heavy atom. The smallest absolute Gasteiger partial charge is 0.383 e. The second-order valence-electron chi connectivity index (χ2n) is 8.55. The minimum atomic E-state index is -4.55. The van der Waals surface area contributed by atoms with Gasteiger partial charge >= 0.3 is 6.18 Å². The quantitative estimate of drug-likeness (QED) is 0.402. The second-order valence-corrected chi connectivity index (χ2v) is 8.55. The standard InChI is InChI=1S/C23H24F3N7O2/c1-12(2)33-21-18(20(27)28-11-29-21)19(31-33)14-7-5-13(6-8-14)9-16(34)30-17-10-15(32-35-17)22(3,4)23(24,25)26/h5-8,10-12H,9H2,1-4H3,(H,30,34)(H2,27,28,29)/i1D3. The van der Waals surface area contributed by atoms with Gasteiger partial charge in [-0.25, -0.2) is 14.6 Å². The molecule has 1 aromatic carbocycles. The molecule has 184 valence electrons. The number of nitrogens with zero attached hydrogens (tertiary/aromatic N) is 5. The number of rotatable bonds is 6. The molecule has 3 N–H and O–H groups in total. The molecule has 0 aliphatic heterocycles. The molecule has 3 aromatic heterocycles. The molecule has 3 heterocycles. The summed E-state index contributed by atoms with van der Waals surface area (Å²) in [5, 5.41) is 10.7. The number of amides is 1. The number of fused-ring (bicyclic) bond motifs is 1. The Labute approximate surface area is 202 Å². The molecule has 35 heavy (non-hydrogen) atoms. The number of carbonyl (C=O) groups excluding carboxylic acids is 1. The monoisotopic (exact) mass is 490 g/mol. The lowest BCUT2D eigenvalue weighted by atomic mass is 9.89. The van der Waals surface area contributed by atoms with Crippen LogP contribution in [0.3, 0.4) is 0 Å². The van der Waals surface area contributed by atoms with Gasteiger partial charge in [-0.15, -0.1) is 0 Å². The minimum Gasteiger partial charge on any atom is -0.383 e. The molecule has 0 aliphatic carbocycles. The van der Waals surface area contributed by atoms with Crippen molar-refractivity contribution in [2.75, 3.05) is 11.1 Å². The highest BCUT2D eigenvalue weighted by atomic mass is 19.4. The number of aromatic nitrogens is 5. The number of nitrogens with one attached hydrogen (secondary N) is 1. The van der Waals surface area contributed by atoms with E-state index in [2.05, 4.69) is 25.5 Å². The Hall–Kier alpha value is -3.96. The first-order valence-corrected chi connectivity index (χ1v) is 10.5. The summed E-state index contributed by atoms with van der Waals surface area (Å²) in [5.74, 6) is -0.587. The van der Waals surface area contributed by atoms with Gasteiger partial charge < -0.3 is 10.3 Å². The summed E-state index contributed by atoms with van der Waals surface area (Å²) >= 11 is 0. The van der Waals surface area contributed by atoms with Crippen LogP contribution in [-0.4, -0.2) is 37.0 Å². The lowest BCUT2D eigenvalue weighted by Crippen LogP contribution is -2.36. The largest absolute Gasteiger partial charge is 0.399 e. The fourth-order valence-corrected chi connectivity index (χ4v) is 3.39. The molecule has 0 aliphatic rings. The normalized spacial score (nSPS) is 14.9. The van der Waals surface area contributed by atoms with Crippen LogP contribution in [0.15, 0.2) is 41.2 Å². The molecule has 0 fully saturated rings. The van der Waals surface area contributed by atoms with Gasteiger partial charge in [0.05, 0.1) is 11.8 Å². The summed E-state index contributed by atoms with van der Waals surface area (Å²) in [4.78, 5) is 20.6. The van der Waals surface area contributed by atoms with Crippen LogP contribution >= 0.6 is 0 Å². The first-order chi connectivity index (χ1) is 17.6. The third-order valence-corrected chi connectivity index (χ3v) is 5.60. The predicted octanol–water partition coefficient (Wildman–Crippen LogP) is 4.67. The van der Waals surface area contributed by atoms with Crippen molar-refractivity contribution in [3.63, 3.8) is 0 Å². The summed E-state index contributed by atoms with van der Waals surface area (Å²) in [6.07, 6.45) is -3.42. The van der Waals surface area contributed by atoms with Crippen molar-refractivity contribution in [3.8, 4) is 11.3 Å². The van der Waals surface area contributed by atoms with Crippen LogP contribution in [0, 0.1) is 0 Å². The highest BCUT2D eigenvalue weighted by molar-refractivity contribution is 5.98. The molecule has 0 spiro atoms. The van der Waals surface area contributed by atoms with Crippen molar-refractivity contribution < 1.29 is 26.6 Å². The molecule has 0 bridgehead atoms. The van der Waals surface area contributed by atoms with E-state index in [1.165, 1.54) is 17.9 Å². The van der Waals surface area contributed by atoms with E-state index in [0.29, 0.717) is 22.2 Å². The molecule has 0 saturated heterocycles. The number of halogens is 3. The van der Waals surface area contributed by atoms with E-state index in [4.69, 9.17) is 14.4 Å². The van der Waals surface area contributed by atoms with Crippen molar-refractivity contribution in [2.45, 2.75) is 51.7 Å². The highest BCUT2D eigenvalue weighted by Gasteiger charge is 2.50. The Bertz CT molecular complexity index is 1480. The zero-order valence-corrected chi connectivity index (χ0v) is 19.0. The van der Waals surface area contributed by atoms with Gasteiger partial charge in [-0.1, -0.05) is 29.4 Å². The summed E-state index contributed by atoms with van der Waals surface area (Å²) in [6, 6.07) is 6.74. The average molecular weight is 491 g/mol. The van der Waals surface area contributed by atoms with Gasteiger partial charge in [0.15, 0.2) is 5.65 Å². The maximum atomic E-state index is 13.2. The number of benzene rings is 1. The SMILES string of the molecule is [2H]C([2H])([2H])C(C)n1nc(-c2ccc(CC(=O)Nc3cc(C(C)(C)C(F)(F)F)no3)cc2)c2c(N)ncnc21. The van der Waals surface area contributed by atoms with Crippen LogP contribution in [0.2, 0.25) is 0 Å². The molecule has 0 radical (unpaired) electrons. The van der Waals surface area contributed by atoms with Gasteiger partial charge in [0.1, 0.15) is 28.9 Å². The van der Waals surface area contributed by atoms with Crippen molar-refractivity contribution in [2.24, 2.45) is 0 Å². The molecule has 0 saturated carbocycles. The highest BCUT2D eigenvalue weighted by Crippen LogP contribution is 2.40. The zero-order chi connectivity index (χ0) is 28.0. The molecule has 4 aromatic rings. The summed E-state index contributed by atoms with van der Waals surface area (Å²) < 4.78 is 69.1. The van der Waals surface area contributed by atoms with Gasteiger partial charge in [-0.05, 0) is 33.2 Å². The molecular weight excluding hydrogens is 463 g/mol. The van der Waals surface area contributed by atoms with Gasteiger partial charge in [0.25, 0.3) is 0 Å². The van der Waals surface area contributed by atoms with Gasteiger partial charge in [0, 0.05) is 21.8 Å². The van der Waals surface area contributed by atoms with E-state index >= 15 is 0 Å². The lowest BCUT2D eigenvalue weighted by molar-refractivity contribution is -0.181. The zero-order valence-electron chi connectivity index (χ0n) is 22.0. The van der Waals surface area contributed by atoms with Crippen LogP contribution in [-0.2, 0) is 16.6 Å². The first-order valence-electron chi connectivity index (χ1n) is 12.0. The van der Waals surface area contributed by atoms with Gasteiger partial charge in [-0.2, -0.15) is 18.3 Å². The van der Waals surface area contributed by atoms with Crippen LogP contribution in [0.4, 0.5) is 24.9 Å². The fraction of sp³-hybridized carbons (Fsp3) is 0.348. The number of hydrogen-bond acceptors (Lipinski definition) is 7. The Kier molecular flexibility index (Phi) is 5.06. The van der Waals surface area contributed by atoms with Gasteiger partial charge in [-0.3, -0.25) is 10.1 Å². The summed E-state index contributed by atoms with van der Waals surface area (Å²) in [6.45, 7) is 1.10. The third kappa shape index (κ3) is 4.55. The first kappa shape index (κ1) is 20.4. The number of nitrogen functional groups attached to an aromatic ring is 1. The topological polar surface area (TPSA) is 125 Å². The van der Waals surface area contributed by atoms with Crippen molar-refractivity contribution in [3.05, 3.63) is 47.9 Å². The van der Waals surface area contributed by atoms with Gasteiger partial charge in [0.2, 0.25) is 11.8 Å². The van der Waals surface area contributed by atoms with Crippen molar-refractivity contribution in [1.82, 2.24) is 24.9 Å². The Morgan fingerprint density at radius 1 is 1.26 bits per heavy atom. The van der Waals surface area contributed by atoms with Crippen LogP contribution < -0.4 is 11.1 Å². The molecular formula is C23H24F3N7O2. The number of hydrogen-bond donors (Lipinski definition) is 2. The third-order valence-electron chi connectivity index (χ3n) is 5.60. The average Bonchev–Trinajstić information content (AvgIpc) is 3.44. The van der Waals surface area contributed by atoms with Crippen LogP contribution in [0.1, 0.15) is 49.0 Å². The lowest BCUT2D eigenvalue weighted by Gasteiger charge is -2.24. The molecule has 1 atom stereocenters. The van der Waals surface area contributed by atoms with E-state index < -0.39 is 30.4 Å². The number of anilines is 2. The second kappa shape index (κ2) is 8.67. The van der Waals surface area contributed by atoms with Crippen molar-refractivity contribution >= 4 is 28.6 Å². The number of nitrogens with two attached hydrogens (primary N) is 1.